The average Bonchev–Trinajstić information content (AvgIpc) is 3.47. The smallest absolute Gasteiger partial charge is 0.342 e. The minimum atomic E-state index is -0.624. The number of ether oxygens (including phenoxy) is 1. The Labute approximate surface area is 174 Å². The highest BCUT2D eigenvalue weighted by Crippen LogP contribution is 2.38. The summed E-state index contributed by atoms with van der Waals surface area (Å²) in [5.74, 6) is -1.04. The lowest BCUT2D eigenvalue weighted by molar-refractivity contribution is -0.125. The van der Waals surface area contributed by atoms with Crippen molar-refractivity contribution in [3.63, 3.8) is 0 Å². The van der Waals surface area contributed by atoms with Gasteiger partial charge in [0, 0.05) is 22.4 Å². The van der Waals surface area contributed by atoms with Gasteiger partial charge in [0.1, 0.15) is 10.6 Å². The number of benzene rings is 1. The molecule has 6 nitrogen and oxygen atoms in total. The van der Waals surface area contributed by atoms with Crippen LogP contribution in [0.15, 0.2) is 35.7 Å². The normalized spacial score (nSPS) is 13.6. The van der Waals surface area contributed by atoms with Crippen molar-refractivity contribution in [1.82, 2.24) is 5.32 Å². The molecule has 1 aliphatic carbocycles. The molecule has 3 rings (SSSR count). The minimum absolute atomic E-state index is 0.0169. The van der Waals surface area contributed by atoms with Gasteiger partial charge in [-0.2, -0.15) is 0 Å². The van der Waals surface area contributed by atoms with E-state index in [9.17, 15) is 14.4 Å². The first-order chi connectivity index (χ1) is 13.8. The number of thiophene rings is 1. The molecule has 2 amide bonds. The second kappa shape index (κ2) is 8.78. The molecular formula is C22H26N2O4S. The van der Waals surface area contributed by atoms with Crippen LogP contribution in [0.25, 0.3) is 11.1 Å². The Balaban J connectivity index is 1.79. The van der Waals surface area contributed by atoms with Gasteiger partial charge in [0.25, 0.3) is 5.91 Å². The average molecular weight is 415 g/mol. The summed E-state index contributed by atoms with van der Waals surface area (Å²) in [7, 11) is 0. The molecule has 1 aliphatic rings. The zero-order valence-electron chi connectivity index (χ0n) is 16.9. The van der Waals surface area contributed by atoms with E-state index in [-0.39, 0.29) is 35.4 Å². The summed E-state index contributed by atoms with van der Waals surface area (Å²) in [5.41, 5.74) is 1.45. The van der Waals surface area contributed by atoms with E-state index in [1.807, 2.05) is 56.5 Å². The third-order valence-electron chi connectivity index (χ3n) is 4.96. The summed E-state index contributed by atoms with van der Waals surface area (Å²) in [6, 6.07) is 9.43. The van der Waals surface area contributed by atoms with E-state index in [2.05, 4.69) is 10.6 Å². The highest BCUT2D eigenvalue weighted by atomic mass is 32.1. The van der Waals surface area contributed by atoms with Crippen LogP contribution in [0.4, 0.5) is 5.00 Å². The highest BCUT2D eigenvalue weighted by Gasteiger charge is 2.32. The van der Waals surface area contributed by atoms with Crippen LogP contribution in [0.2, 0.25) is 0 Å². The predicted molar refractivity (Wildman–Crippen MR) is 114 cm³/mol. The van der Waals surface area contributed by atoms with Gasteiger partial charge >= 0.3 is 5.97 Å². The first kappa shape index (κ1) is 21.0. The number of nitrogens with one attached hydrogen (secondary N) is 2. The summed E-state index contributed by atoms with van der Waals surface area (Å²) in [4.78, 5) is 37.3. The maximum Gasteiger partial charge on any atom is 0.342 e. The van der Waals surface area contributed by atoms with E-state index < -0.39 is 5.97 Å². The molecule has 2 N–H and O–H groups in total. The van der Waals surface area contributed by atoms with Gasteiger partial charge in [0.2, 0.25) is 5.91 Å². The third kappa shape index (κ3) is 5.44. The van der Waals surface area contributed by atoms with Gasteiger partial charge in [-0.05, 0) is 38.7 Å². The van der Waals surface area contributed by atoms with Gasteiger partial charge < -0.3 is 15.4 Å². The number of rotatable bonds is 8. The molecule has 7 heteroatoms. The number of amides is 2. The Bertz CT molecular complexity index is 901. The number of carbonyl (C=O) groups excluding carboxylic acids is 3. The van der Waals surface area contributed by atoms with Gasteiger partial charge in [-0.3, -0.25) is 9.59 Å². The lowest BCUT2D eigenvalue weighted by Gasteiger charge is -2.24. The van der Waals surface area contributed by atoms with Crippen molar-refractivity contribution in [3.05, 3.63) is 41.3 Å². The standard InChI is InChI=1S/C22H26N2O4S/c1-4-22(2,3)24-17(25)12-28-21(27)18-16(14-8-6-5-7-9-14)13-29-20(18)23-19(26)15-10-11-15/h5-9,13,15H,4,10-12H2,1-3H3,(H,23,26)(H,24,25). The Morgan fingerprint density at radius 3 is 2.48 bits per heavy atom. The molecule has 0 bridgehead atoms. The molecule has 1 heterocycles. The molecule has 2 aromatic rings. The SMILES string of the molecule is CCC(C)(C)NC(=O)COC(=O)c1c(-c2ccccc2)csc1NC(=O)C1CC1. The van der Waals surface area contributed by atoms with Crippen LogP contribution in [-0.4, -0.2) is 29.9 Å². The molecule has 0 saturated heterocycles. The molecule has 1 aromatic carbocycles. The van der Waals surface area contributed by atoms with Crippen LogP contribution in [0.3, 0.4) is 0 Å². The van der Waals surface area contributed by atoms with Crippen LogP contribution >= 0.6 is 11.3 Å². The lowest BCUT2D eigenvalue weighted by atomic mass is 10.0. The molecule has 0 spiro atoms. The number of carbonyl (C=O) groups is 3. The van der Waals surface area contributed by atoms with Gasteiger partial charge in [0.15, 0.2) is 6.61 Å². The van der Waals surface area contributed by atoms with Gasteiger partial charge in [-0.15, -0.1) is 11.3 Å². The van der Waals surface area contributed by atoms with Crippen molar-refractivity contribution in [2.45, 2.75) is 45.6 Å². The fraction of sp³-hybridized carbons (Fsp3) is 0.409. The molecule has 1 saturated carbocycles. The first-order valence-corrected chi connectivity index (χ1v) is 10.6. The summed E-state index contributed by atoms with van der Waals surface area (Å²) >= 11 is 1.29. The Morgan fingerprint density at radius 1 is 1.17 bits per heavy atom. The lowest BCUT2D eigenvalue weighted by Crippen LogP contribution is -2.44. The van der Waals surface area contributed by atoms with Crippen molar-refractivity contribution >= 4 is 34.1 Å². The first-order valence-electron chi connectivity index (χ1n) is 9.76. The third-order valence-corrected chi connectivity index (χ3v) is 5.86. The van der Waals surface area contributed by atoms with Crippen molar-refractivity contribution in [3.8, 4) is 11.1 Å². The Kier molecular flexibility index (Phi) is 6.37. The minimum Gasteiger partial charge on any atom is -0.452 e. The molecule has 0 radical (unpaired) electrons. The Morgan fingerprint density at radius 2 is 1.86 bits per heavy atom. The van der Waals surface area contributed by atoms with E-state index >= 15 is 0 Å². The molecule has 0 atom stereocenters. The maximum absolute atomic E-state index is 12.9. The molecule has 1 fully saturated rings. The number of esters is 1. The predicted octanol–water partition coefficient (Wildman–Crippen LogP) is 4.23. The maximum atomic E-state index is 12.9. The fourth-order valence-electron chi connectivity index (χ4n) is 2.75. The van der Waals surface area contributed by atoms with E-state index in [0.717, 1.165) is 24.8 Å². The van der Waals surface area contributed by atoms with E-state index in [1.165, 1.54) is 11.3 Å². The quantitative estimate of drug-likeness (QED) is 0.633. The van der Waals surface area contributed by atoms with Crippen molar-refractivity contribution < 1.29 is 19.1 Å². The zero-order chi connectivity index (χ0) is 21.0. The second-order valence-electron chi connectivity index (χ2n) is 7.84. The summed E-state index contributed by atoms with van der Waals surface area (Å²) in [6.07, 6.45) is 2.50. The molecule has 0 unspecified atom stereocenters. The van der Waals surface area contributed by atoms with Gasteiger partial charge in [0.05, 0.1) is 0 Å². The van der Waals surface area contributed by atoms with Gasteiger partial charge in [-0.25, -0.2) is 4.79 Å². The van der Waals surface area contributed by atoms with Crippen LogP contribution in [0.5, 0.6) is 0 Å². The monoisotopic (exact) mass is 414 g/mol. The number of hydrogen-bond acceptors (Lipinski definition) is 5. The molecule has 29 heavy (non-hydrogen) atoms. The van der Waals surface area contributed by atoms with Crippen molar-refractivity contribution in [1.29, 1.82) is 0 Å². The van der Waals surface area contributed by atoms with Crippen LogP contribution in [-0.2, 0) is 14.3 Å². The molecule has 0 aliphatic heterocycles. The zero-order valence-corrected chi connectivity index (χ0v) is 17.7. The largest absolute Gasteiger partial charge is 0.452 e. The Hall–Kier alpha value is -2.67. The molecule has 154 valence electrons. The van der Waals surface area contributed by atoms with Gasteiger partial charge in [-0.1, -0.05) is 37.3 Å². The summed E-state index contributed by atoms with van der Waals surface area (Å²) in [6.45, 7) is 5.41. The fourth-order valence-corrected chi connectivity index (χ4v) is 3.71. The van der Waals surface area contributed by atoms with E-state index in [0.29, 0.717) is 10.6 Å². The van der Waals surface area contributed by atoms with Crippen molar-refractivity contribution in [2.24, 2.45) is 5.92 Å². The summed E-state index contributed by atoms with van der Waals surface area (Å²) in [5, 5.41) is 7.98. The van der Waals surface area contributed by atoms with Crippen LogP contribution in [0, 0.1) is 5.92 Å². The second-order valence-corrected chi connectivity index (χ2v) is 8.72. The molecular weight excluding hydrogens is 388 g/mol. The number of hydrogen-bond donors (Lipinski definition) is 2. The van der Waals surface area contributed by atoms with E-state index in [4.69, 9.17) is 4.74 Å². The molecule has 1 aromatic heterocycles. The van der Waals surface area contributed by atoms with Crippen LogP contribution < -0.4 is 10.6 Å². The summed E-state index contributed by atoms with van der Waals surface area (Å²) < 4.78 is 5.30. The topological polar surface area (TPSA) is 84.5 Å². The van der Waals surface area contributed by atoms with Crippen LogP contribution in [0.1, 0.15) is 50.4 Å². The van der Waals surface area contributed by atoms with Crippen molar-refractivity contribution in [2.75, 3.05) is 11.9 Å². The van der Waals surface area contributed by atoms with E-state index in [1.54, 1.807) is 0 Å². The highest BCUT2D eigenvalue weighted by molar-refractivity contribution is 7.15. The number of anilines is 1.